The van der Waals surface area contributed by atoms with Gasteiger partial charge in [-0.3, -0.25) is 4.79 Å². The van der Waals surface area contributed by atoms with E-state index in [0.29, 0.717) is 25.1 Å². The van der Waals surface area contributed by atoms with Gasteiger partial charge in [-0.1, -0.05) is 42.5 Å². The highest BCUT2D eigenvalue weighted by molar-refractivity contribution is 5.95. The van der Waals surface area contributed by atoms with E-state index >= 15 is 0 Å². The number of aromatic nitrogens is 2. The second-order valence-electron chi connectivity index (χ2n) is 9.59. The monoisotopic (exact) mass is 454 g/mol. The number of carbonyl (C=O) groups is 1. The number of rotatable bonds is 3. The molecule has 2 fully saturated rings. The Labute approximate surface area is 200 Å². The van der Waals surface area contributed by atoms with Gasteiger partial charge >= 0.3 is 0 Å². The van der Waals surface area contributed by atoms with Crippen molar-refractivity contribution in [2.45, 2.75) is 38.3 Å². The Morgan fingerprint density at radius 2 is 1.76 bits per heavy atom. The molecule has 3 aliphatic heterocycles. The Morgan fingerprint density at radius 1 is 0.941 bits per heavy atom. The van der Waals surface area contributed by atoms with Crippen LogP contribution in [0.5, 0.6) is 0 Å². The summed E-state index contributed by atoms with van der Waals surface area (Å²) in [4.78, 5) is 27.0. The lowest BCUT2D eigenvalue weighted by Gasteiger charge is -2.42. The number of ether oxygens (including phenoxy) is 1. The Morgan fingerprint density at radius 3 is 2.62 bits per heavy atom. The first kappa shape index (κ1) is 21.3. The lowest BCUT2D eigenvalue weighted by molar-refractivity contribution is -0.0358. The van der Waals surface area contributed by atoms with Gasteiger partial charge < -0.3 is 14.5 Å². The summed E-state index contributed by atoms with van der Waals surface area (Å²) in [6.07, 6.45) is 6.25. The number of piperidine rings is 1. The fourth-order valence-electron chi connectivity index (χ4n) is 5.67. The third-order valence-corrected chi connectivity index (χ3v) is 7.52. The van der Waals surface area contributed by atoms with Crippen molar-refractivity contribution in [3.05, 3.63) is 77.7 Å². The van der Waals surface area contributed by atoms with Crippen LogP contribution in [0.15, 0.2) is 60.9 Å². The van der Waals surface area contributed by atoms with Crippen LogP contribution in [0.1, 0.15) is 40.9 Å². The highest BCUT2D eigenvalue weighted by Crippen LogP contribution is 2.33. The minimum atomic E-state index is 0.0689. The van der Waals surface area contributed by atoms with E-state index in [4.69, 9.17) is 9.72 Å². The molecule has 6 nitrogen and oxygen atoms in total. The van der Waals surface area contributed by atoms with Crippen LogP contribution in [-0.2, 0) is 17.7 Å². The van der Waals surface area contributed by atoms with Crippen molar-refractivity contribution in [2.24, 2.45) is 5.92 Å². The van der Waals surface area contributed by atoms with E-state index in [1.807, 2.05) is 47.4 Å². The van der Waals surface area contributed by atoms with Gasteiger partial charge in [0.2, 0.25) is 0 Å². The molecule has 0 N–H and O–H groups in total. The molecular weight excluding hydrogens is 424 g/mol. The normalized spacial score (nSPS) is 22.1. The lowest BCUT2D eigenvalue weighted by Crippen LogP contribution is -2.47. The molecule has 6 heteroatoms. The maximum atomic E-state index is 13.4. The van der Waals surface area contributed by atoms with E-state index in [1.165, 1.54) is 6.42 Å². The van der Waals surface area contributed by atoms with Crippen molar-refractivity contribution in [2.75, 3.05) is 31.1 Å². The van der Waals surface area contributed by atoms with Crippen molar-refractivity contribution >= 4 is 11.7 Å². The Bertz CT molecular complexity index is 1160. The molecule has 2 atom stereocenters. The molecule has 0 spiro atoms. The van der Waals surface area contributed by atoms with Crippen LogP contribution in [0, 0.1) is 5.92 Å². The number of nitrogens with zero attached hydrogens (tertiary/aromatic N) is 4. The van der Waals surface area contributed by atoms with Gasteiger partial charge in [0.25, 0.3) is 5.91 Å². The smallest absolute Gasteiger partial charge is 0.254 e. The van der Waals surface area contributed by atoms with Gasteiger partial charge in [0, 0.05) is 49.7 Å². The molecule has 6 rings (SSSR count). The van der Waals surface area contributed by atoms with Gasteiger partial charge in [-0.05, 0) is 42.5 Å². The number of hydrogen-bond donors (Lipinski definition) is 0. The molecule has 1 amide bonds. The van der Waals surface area contributed by atoms with Crippen LogP contribution in [0.3, 0.4) is 0 Å². The zero-order valence-corrected chi connectivity index (χ0v) is 19.4. The summed E-state index contributed by atoms with van der Waals surface area (Å²) in [6, 6.07) is 18.2. The van der Waals surface area contributed by atoms with Gasteiger partial charge in [-0.2, -0.15) is 0 Å². The maximum absolute atomic E-state index is 13.4. The predicted molar refractivity (Wildman–Crippen MR) is 132 cm³/mol. The first-order valence-electron chi connectivity index (χ1n) is 12.4. The highest BCUT2D eigenvalue weighted by Gasteiger charge is 2.34. The van der Waals surface area contributed by atoms with Gasteiger partial charge in [0.15, 0.2) is 0 Å². The summed E-state index contributed by atoms with van der Waals surface area (Å²) in [5.74, 6) is 1.64. The van der Waals surface area contributed by atoms with Crippen molar-refractivity contribution < 1.29 is 9.53 Å². The number of hydrogen-bond acceptors (Lipinski definition) is 5. The van der Waals surface area contributed by atoms with Crippen molar-refractivity contribution in [3.63, 3.8) is 0 Å². The zero-order chi connectivity index (χ0) is 22.9. The summed E-state index contributed by atoms with van der Waals surface area (Å²) >= 11 is 0. The number of benzene rings is 2. The topological polar surface area (TPSA) is 58.6 Å². The van der Waals surface area contributed by atoms with E-state index in [1.54, 1.807) is 6.33 Å². The minimum Gasteiger partial charge on any atom is -0.378 e. The van der Waals surface area contributed by atoms with Crippen LogP contribution in [0.4, 0.5) is 5.82 Å². The fourth-order valence-corrected chi connectivity index (χ4v) is 5.67. The molecule has 1 aromatic heterocycles. The first-order valence-corrected chi connectivity index (χ1v) is 12.4. The van der Waals surface area contributed by atoms with Crippen molar-refractivity contribution in [1.82, 2.24) is 14.9 Å². The van der Waals surface area contributed by atoms with E-state index in [9.17, 15) is 4.79 Å². The van der Waals surface area contributed by atoms with Gasteiger partial charge in [0.1, 0.15) is 12.1 Å². The SMILES string of the molecule is O=C(c1ccc(-c2ccccc2)cc1)N1CCc2ncnc(N3CC[C@H]4OCCCC4C3)c2C1. The number of amides is 1. The van der Waals surface area contributed by atoms with Crippen LogP contribution in [0.25, 0.3) is 11.1 Å². The van der Waals surface area contributed by atoms with E-state index in [0.717, 1.165) is 72.7 Å². The van der Waals surface area contributed by atoms with Gasteiger partial charge in [0.05, 0.1) is 18.3 Å². The van der Waals surface area contributed by atoms with Gasteiger partial charge in [-0.25, -0.2) is 9.97 Å². The predicted octanol–water partition coefficient (Wildman–Crippen LogP) is 4.35. The number of carbonyl (C=O) groups excluding carboxylic acids is 1. The van der Waals surface area contributed by atoms with E-state index in [2.05, 4.69) is 22.0 Å². The van der Waals surface area contributed by atoms with E-state index < -0.39 is 0 Å². The van der Waals surface area contributed by atoms with Crippen LogP contribution < -0.4 is 4.90 Å². The molecule has 4 heterocycles. The average molecular weight is 455 g/mol. The molecule has 0 saturated carbocycles. The molecule has 2 saturated heterocycles. The largest absolute Gasteiger partial charge is 0.378 e. The molecule has 174 valence electrons. The lowest BCUT2D eigenvalue weighted by atomic mass is 9.88. The summed E-state index contributed by atoms with van der Waals surface area (Å²) in [5, 5.41) is 0. The third kappa shape index (κ3) is 4.07. The first-order chi connectivity index (χ1) is 16.8. The quantitative estimate of drug-likeness (QED) is 0.589. The van der Waals surface area contributed by atoms with Crippen molar-refractivity contribution in [1.29, 1.82) is 0 Å². The number of anilines is 1. The van der Waals surface area contributed by atoms with Gasteiger partial charge in [-0.15, -0.1) is 0 Å². The molecule has 0 radical (unpaired) electrons. The zero-order valence-electron chi connectivity index (χ0n) is 19.4. The van der Waals surface area contributed by atoms with Crippen LogP contribution >= 0.6 is 0 Å². The minimum absolute atomic E-state index is 0.0689. The highest BCUT2D eigenvalue weighted by atomic mass is 16.5. The summed E-state index contributed by atoms with van der Waals surface area (Å²) in [5.41, 5.74) is 5.18. The summed E-state index contributed by atoms with van der Waals surface area (Å²) < 4.78 is 6.00. The number of fused-ring (bicyclic) bond motifs is 2. The van der Waals surface area contributed by atoms with Crippen LogP contribution in [0.2, 0.25) is 0 Å². The Balaban J connectivity index is 1.20. The second kappa shape index (κ2) is 9.18. The molecule has 2 aromatic carbocycles. The van der Waals surface area contributed by atoms with E-state index in [-0.39, 0.29) is 5.91 Å². The second-order valence-corrected chi connectivity index (χ2v) is 9.59. The molecule has 1 unspecified atom stereocenters. The molecule has 34 heavy (non-hydrogen) atoms. The third-order valence-electron chi connectivity index (χ3n) is 7.52. The Hall–Kier alpha value is -3.25. The molecule has 3 aliphatic rings. The Kier molecular flexibility index (Phi) is 5.75. The van der Waals surface area contributed by atoms with Crippen LogP contribution in [-0.4, -0.2) is 53.1 Å². The average Bonchev–Trinajstić information content (AvgIpc) is 2.92. The fraction of sp³-hybridized carbons (Fsp3) is 0.393. The molecule has 3 aromatic rings. The van der Waals surface area contributed by atoms with Crippen molar-refractivity contribution in [3.8, 4) is 11.1 Å². The summed E-state index contributed by atoms with van der Waals surface area (Å²) in [7, 11) is 0. The standard InChI is InChI=1S/C28H30N4O2/c33-28(22-10-8-21(9-11-22)20-5-2-1-3-6-20)32-14-12-25-24(18-32)27(30-19-29-25)31-15-13-26-23(17-31)7-4-16-34-26/h1-3,5-6,8-11,19,23,26H,4,7,12-18H2/t23?,26-/m1/s1. The summed E-state index contributed by atoms with van der Waals surface area (Å²) in [6.45, 7) is 4.06. The molecule has 0 bridgehead atoms. The molecule has 0 aliphatic carbocycles. The molecular formula is C28H30N4O2. The maximum Gasteiger partial charge on any atom is 0.254 e.